The van der Waals surface area contributed by atoms with Crippen molar-refractivity contribution < 1.29 is 14.3 Å². The highest BCUT2D eigenvalue weighted by Gasteiger charge is 2.38. The van der Waals surface area contributed by atoms with E-state index in [1.165, 1.54) is 0 Å². The lowest BCUT2D eigenvalue weighted by Gasteiger charge is -2.27. The molecule has 4 heteroatoms. The van der Waals surface area contributed by atoms with Crippen molar-refractivity contribution in [2.45, 2.75) is 27.7 Å². The van der Waals surface area contributed by atoms with Crippen LogP contribution in [0.25, 0.3) is 0 Å². The fourth-order valence-electron chi connectivity index (χ4n) is 1.98. The Hall–Kier alpha value is -2.28. The van der Waals surface area contributed by atoms with Gasteiger partial charge in [0.15, 0.2) is 0 Å². The topological polar surface area (TPSA) is 55.4 Å². The number of anilines is 1. The van der Waals surface area contributed by atoms with Crippen molar-refractivity contribution in [2.24, 2.45) is 11.3 Å². The van der Waals surface area contributed by atoms with Gasteiger partial charge in [-0.1, -0.05) is 32.8 Å². The van der Waals surface area contributed by atoms with Crippen molar-refractivity contribution in [2.75, 3.05) is 11.9 Å². The Bertz CT molecular complexity index is 564. The Kier molecular flexibility index (Phi) is 5.54. The summed E-state index contributed by atoms with van der Waals surface area (Å²) in [5, 5.41) is 2.73. The molecule has 1 aromatic carbocycles. The van der Waals surface area contributed by atoms with Crippen molar-refractivity contribution in [3.8, 4) is 12.3 Å². The van der Waals surface area contributed by atoms with E-state index in [9.17, 15) is 9.59 Å². The van der Waals surface area contributed by atoms with Gasteiger partial charge in [0.05, 0.1) is 6.61 Å². The van der Waals surface area contributed by atoms with Crippen molar-refractivity contribution in [3.63, 3.8) is 0 Å². The smallest absolute Gasteiger partial charge is 0.319 e. The van der Waals surface area contributed by atoms with Gasteiger partial charge in [-0.25, -0.2) is 0 Å². The summed E-state index contributed by atoms with van der Waals surface area (Å²) in [7, 11) is 0. The zero-order valence-corrected chi connectivity index (χ0v) is 12.9. The molecule has 1 unspecified atom stereocenters. The quantitative estimate of drug-likeness (QED) is 0.526. The molecule has 0 fully saturated rings. The number of hydrogen-bond donors (Lipinski definition) is 1. The number of ether oxygens (including phenoxy) is 1. The Morgan fingerprint density at radius 1 is 1.38 bits per heavy atom. The maximum absolute atomic E-state index is 12.4. The van der Waals surface area contributed by atoms with E-state index in [-0.39, 0.29) is 6.61 Å². The summed E-state index contributed by atoms with van der Waals surface area (Å²) in [5.74, 6) is 0.706. The Morgan fingerprint density at radius 2 is 2.05 bits per heavy atom. The van der Waals surface area contributed by atoms with E-state index in [0.717, 1.165) is 0 Å². The number of hydrogen-bond acceptors (Lipinski definition) is 3. The zero-order chi connectivity index (χ0) is 16.0. The maximum atomic E-state index is 12.4. The summed E-state index contributed by atoms with van der Waals surface area (Å²) >= 11 is 0. The number of carbonyl (C=O) groups is 2. The number of terminal acetylenes is 1. The predicted octanol–water partition coefficient (Wildman–Crippen LogP) is 2.83. The molecule has 0 aliphatic carbocycles. The number of rotatable bonds is 4. The molecule has 0 aliphatic heterocycles. The fraction of sp³-hybridized carbons (Fsp3) is 0.412. The van der Waals surface area contributed by atoms with Gasteiger partial charge >= 0.3 is 5.97 Å². The van der Waals surface area contributed by atoms with Gasteiger partial charge < -0.3 is 10.1 Å². The third-order valence-corrected chi connectivity index (χ3v) is 2.95. The molecular weight excluding hydrogens is 266 g/mol. The molecule has 0 heterocycles. The van der Waals surface area contributed by atoms with Crippen LogP contribution in [0.1, 0.15) is 33.3 Å². The SMILES string of the molecule is C#Cc1cccc(NC(=O)C(C(=O)OCC)C(C)(C)C)c1. The van der Waals surface area contributed by atoms with Gasteiger partial charge in [-0.3, -0.25) is 9.59 Å². The molecule has 0 aliphatic rings. The van der Waals surface area contributed by atoms with Gasteiger partial charge in [0.2, 0.25) is 5.91 Å². The van der Waals surface area contributed by atoms with Gasteiger partial charge in [-0.2, -0.15) is 0 Å². The first-order valence-corrected chi connectivity index (χ1v) is 6.83. The molecule has 1 atom stereocenters. The standard InChI is InChI=1S/C17H21NO3/c1-6-12-9-8-10-13(11-12)18-15(19)14(17(3,4)5)16(20)21-7-2/h1,8-11,14H,7H2,2-5H3,(H,18,19). The van der Waals surface area contributed by atoms with Crippen LogP contribution in [0, 0.1) is 23.7 Å². The minimum absolute atomic E-state index is 0.241. The van der Waals surface area contributed by atoms with E-state index in [4.69, 9.17) is 11.2 Å². The average molecular weight is 287 g/mol. The summed E-state index contributed by atoms with van der Waals surface area (Å²) in [6, 6.07) is 6.93. The molecule has 1 N–H and O–H groups in total. The summed E-state index contributed by atoms with van der Waals surface area (Å²) in [6.07, 6.45) is 5.33. The van der Waals surface area contributed by atoms with E-state index < -0.39 is 23.2 Å². The number of benzene rings is 1. The number of amides is 1. The minimum Gasteiger partial charge on any atom is -0.465 e. The lowest BCUT2D eigenvalue weighted by molar-refractivity contribution is -0.155. The predicted molar refractivity (Wildman–Crippen MR) is 82.6 cm³/mol. The fourth-order valence-corrected chi connectivity index (χ4v) is 1.98. The second kappa shape index (κ2) is 6.94. The zero-order valence-electron chi connectivity index (χ0n) is 12.9. The molecule has 0 saturated carbocycles. The van der Waals surface area contributed by atoms with E-state index in [1.807, 2.05) is 20.8 Å². The van der Waals surface area contributed by atoms with E-state index in [1.54, 1.807) is 31.2 Å². The van der Waals surface area contributed by atoms with Crippen molar-refractivity contribution >= 4 is 17.6 Å². The maximum Gasteiger partial charge on any atom is 0.319 e. The minimum atomic E-state index is -0.882. The molecule has 21 heavy (non-hydrogen) atoms. The molecule has 0 spiro atoms. The van der Waals surface area contributed by atoms with E-state index >= 15 is 0 Å². The van der Waals surface area contributed by atoms with Crippen molar-refractivity contribution in [1.29, 1.82) is 0 Å². The lowest BCUT2D eigenvalue weighted by Crippen LogP contribution is -2.40. The largest absolute Gasteiger partial charge is 0.465 e. The normalized spacial score (nSPS) is 12.1. The molecule has 0 bridgehead atoms. The van der Waals surface area contributed by atoms with Gasteiger partial charge in [-0.15, -0.1) is 6.42 Å². The first-order valence-electron chi connectivity index (χ1n) is 6.83. The van der Waals surface area contributed by atoms with Gasteiger partial charge in [0, 0.05) is 11.3 Å². The molecule has 1 rings (SSSR count). The number of nitrogens with one attached hydrogen (secondary N) is 1. The molecule has 0 saturated heterocycles. The van der Waals surface area contributed by atoms with Crippen LogP contribution >= 0.6 is 0 Å². The van der Waals surface area contributed by atoms with Gasteiger partial charge in [0.1, 0.15) is 5.92 Å². The summed E-state index contributed by atoms with van der Waals surface area (Å²) in [5.41, 5.74) is 0.685. The molecule has 0 radical (unpaired) electrons. The Labute approximate surface area is 125 Å². The third-order valence-electron chi connectivity index (χ3n) is 2.95. The highest BCUT2D eigenvalue weighted by atomic mass is 16.5. The first kappa shape index (κ1) is 16.8. The highest BCUT2D eigenvalue weighted by Crippen LogP contribution is 2.28. The van der Waals surface area contributed by atoms with Crippen LogP contribution in [0.5, 0.6) is 0 Å². The highest BCUT2D eigenvalue weighted by molar-refractivity contribution is 6.05. The first-order chi connectivity index (χ1) is 9.79. The monoisotopic (exact) mass is 287 g/mol. The van der Waals surface area contributed by atoms with Crippen LogP contribution in [0.15, 0.2) is 24.3 Å². The second-order valence-corrected chi connectivity index (χ2v) is 5.77. The summed E-state index contributed by atoms with van der Waals surface area (Å²) < 4.78 is 5.00. The molecule has 0 aromatic heterocycles. The van der Waals surface area contributed by atoms with E-state index in [2.05, 4.69) is 11.2 Å². The average Bonchev–Trinajstić information content (AvgIpc) is 2.37. The molecule has 112 valence electrons. The summed E-state index contributed by atoms with van der Waals surface area (Å²) in [4.78, 5) is 24.4. The van der Waals surface area contributed by atoms with Crippen LogP contribution < -0.4 is 5.32 Å². The van der Waals surface area contributed by atoms with Gasteiger partial charge in [0.25, 0.3) is 0 Å². The van der Waals surface area contributed by atoms with Gasteiger partial charge in [-0.05, 0) is 30.5 Å². The van der Waals surface area contributed by atoms with Crippen molar-refractivity contribution in [1.82, 2.24) is 0 Å². The van der Waals surface area contributed by atoms with Crippen LogP contribution in [0.4, 0.5) is 5.69 Å². The Morgan fingerprint density at radius 3 is 2.57 bits per heavy atom. The number of esters is 1. The van der Waals surface area contributed by atoms with Crippen LogP contribution in [-0.2, 0) is 14.3 Å². The Balaban J connectivity index is 2.96. The lowest BCUT2D eigenvalue weighted by atomic mass is 9.80. The van der Waals surface area contributed by atoms with Crippen molar-refractivity contribution in [3.05, 3.63) is 29.8 Å². The number of carbonyl (C=O) groups excluding carboxylic acids is 2. The molecule has 1 amide bonds. The second-order valence-electron chi connectivity index (χ2n) is 5.77. The molecular formula is C17H21NO3. The molecule has 1 aromatic rings. The summed E-state index contributed by atoms with van der Waals surface area (Å²) in [6.45, 7) is 7.43. The van der Waals surface area contributed by atoms with Crippen LogP contribution in [0.3, 0.4) is 0 Å². The molecule has 4 nitrogen and oxygen atoms in total. The van der Waals surface area contributed by atoms with Crippen LogP contribution in [0.2, 0.25) is 0 Å². The van der Waals surface area contributed by atoms with Crippen LogP contribution in [-0.4, -0.2) is 18.5 Å². The van der Waals surface area contributed by atoms with E-state index in [0.29, 0.717) is 11.3 Å². The third kappa shape index (κ3) is 4.64.